The standard InChI is InChI=1S/C12H15ClO2/c1-15-11-4-3-10(13)7-9(11)8-12(14)5-2-6-12/h3-4,7,14H,2,5-6,8H2,1H3. The van der Waals surface area contributed by atoms with Crippen molar-refractivity contribution in [1.29, 1.82) is 0 Å². The highest BCUT2D eigenvalue weighted by Crippen LogP contribution is 2.37. The maximum absolute atomic E-state index is 10.1. The molecule has 1 aromatic rings. The van der Waals surface area contributed by atoms with Crippen molar-refractivity contribution in [1.82, 2.24) is 0 Å². The van der Waals surface area contributed by atoms with E-state index in [2.05, 4.69) is 0 Å². The topological polar surface area (TPSA) is 29.5 Å². The summed E-state index contributed by atoms with van der Waals surface area (Å²) in [7, 11) is 1.64. The van der Waals surface area contributed by atoms with Crippen LogP contribution in [0.4, 0.5) is 0 Å². The first-order valence-corrected chi connectivity index (χ1v) is 5.56. The first-order chi connectivity index (χ1) is 7.13. The Balaban J connectivity index is 2.21. The number of methoxy groups -OCH3 is 1. The van der Waals surface area contributed by atoms with Crippen LogP contribution in [-0.4, -0.2) is 17.8 Å². The Hall–Kier alpha value is -0.730. The Morgan fingerprint density at radius 2 is 2.20 bits per heavy atom. The number of hydrogen-bond acceptors (Lipinski definition) is 2. The maximum atomic E-state index is 10.1. The first-order valence-electron chi connectivity index (χ1n) is 5.18. The third-order valence-corrected chi connectivity index (χ3v) is 3.28. The molecule has 3 heteroatoms. The zero-order valence-corrected chi connectivity index (χ0v) is 9.55. The number of benzene rings is 1. The second kappa shape index (κ2) is 4.03. The number of hydrogen-bond donors (Lipinski definition) is 1. The van der Waals surface area contributed by atoms with Gasteiger partial charge in [-0.3, -0.25) is 0 Å². The van der Waals surface area contributed by atoms with E-state index in [0.717, 1.165) is 30.6 Å². The molecule has 1 N–H and O–H groups in total. The minimum absolute atomic E-state index is 0.530. The average molecular weight is 227 g/mol. The van der Waals surface area contributed by atoms with E-state index in [1.54, 1.807) is 13.2 Å². The van der Waals surface area contributed by atoms with Crippen molar-refractivity contribution in [2.75, 3.05) is 7.11 Å². The fraction of sp³-hybridized carbons (Fsp3) is 0.500. The molecule has 1 aromatic carbocycles. The Morgan fingerprint density at radius 1 is 1.47 bits per heavy atom. The van der Waals surface area contributed by atoms with E-state index >= 15 is 0 Å². The van der Waals surface area contributed by atoms with Gasteiger partial charge in [-0.15, -0.1) is 0 Å². The smallest absolute Gasteiger partial charge is 0.122 e. The van der Waals surface area contributed by atoms with E-state index in [1.165, 1.54) is 0 Å². The lowest BCUT2D eigenvalue weighted by molar-refractivity contribution is -0.0326. The largest absolute Gasteiger partial charge is 0.496 e. The molecule has 0 bridgehead atoms. The summed E-state index contributed by atoms with van der Waals surface area (Å²) >= 11 is 5.93. The van der Waals surface area contributed by atoms with Crippen LogP contribution in [0.3, 0.4) is 0 Å². The summed E-state index contributed by atoms with van der Waals surface area (Å²) in [6.07, 6.45) is 3.50. The maximum Gasteiger partial charge on any atom is 0.122 e. The Morgan fingerprint density at radius 3 is 2.73 bits per heavy atom. The van der Waals surface area contributed by atoms with Crippen LogP contribution in [0.15, 0.2) is 18.2 Å². The average Bonchev–Trinajstić information content (AvgIpc) is 2.16. The molecule has 0 aliphatic heterocycles. The molecule has 0 amide bonds. The highest BCUT2D eigenvalue weighted by Gasteiger charge is 2.35. The van der Waals surface area contributed by atoms with Gasteiger partial charge in [-0.25, -0.2) is 0 Å². The summed E-state index contributed by atoms with van der Waals surface area (Å²) in [4.78, 5) is 0. The predicted octanol–water partition coefficient (Wildman–Crippen LogP) is 2.81. The van der Waals surface area contributed by atoms with Gasteiger partial charge >= 0.3 is 0 Å². The summed E-state index contributed by atoms with van der Waals surface area (Å²) in [5, 5.41) is 10.8. The molecule has 1 aliphatic carbocycles. The SMILES string of the molecule is COc1ccc(Cl)cc1CC1(O)CCC1. The third kappa shape index (κ3) is 2.27. The number of ether oxygens (including phenoxy) is 1. The number of aliphatic hydroxyl groups is 1. The predicted molar refractivity (Wildman–Crippen MR) is 60.5 cm³/mol. The van der Waals surface area contributed by atoms with Crippen LogP contribution in [0.25, 0.3) is 0 Å². The van der Waals surface area contributed by atoms with Crippen LogP contribution in [-0.2, 0) is 6.42 Å². The lowest BCUT2D eigenvalue weighted by Gasteiger charge is -2.37. The van der Waals surface area contributed by atoms with Gasteiger partial charge in [0.05, 0.1) is 12.7 Å². The molecular formula is C12H15ClO2. The Labute approximate surface area is 94.8 Å². The van der Waals surface area contributed by atoms with Gasteiger partial charge in [-0.05, 0) is 43.0 Å². The highest BCUT2D eigenvalue weighted by atomic mass is 35.5. The van der Waals surface area contributed by atoms with Crippen LogP contribution < -0.4 is 4.74 Å². The first kappa shape index (κ1) is 10.8. The van der Waals surface area contributed by atoms with Crippen LogP contribution >= 0.6 is 11.6 Å². The zero-order valence-electron chi connectivity index (χ0n) is 8.79. The number of halogens is 1. The van der Waals surface area contributed by atoms with Crippen molar-refractivity contribution >= 4 is 11.6 Å². The Bertz CT molecular complexity index is 359. The van der Waals surface area contributed by atoms with E-state index in [9.17, 15) is 5.11 Å². The summed E-state index contributed by atoms with van der Waals surface area (Å²) in [5.41, 5.74) is 0.463. The quantitative estimate of drug-likeness (QED) is 0.859. The van der Waals surface area contributed by atoms with Crippen LogP contribution in [0.1, 0.15) is 24.8 Å². The van der Waals surface area contributed by atoms with Crippen molar-refractivity contribution in [3.05, 3.63) is 28.8 Å². The lowest BCUT2D eigenvalue weighted by Crippen LogP contribution is -2.39. The van der Waals surface area contributed by atoms with Crippen molar-refractivity contribution in [2.24, 2.45) is 0 Å². The highest BCUT2D eigenvalue weighted by molar-refractivity contribution is 6.30. The van der Waals surface area contributed by atoms with E-state index in [-0.39, 0.29) is 0 Å². The molecule has 2 nitrogen and oxygen atoms in total. The normalized spacial score (nSPS) is 18.3. The van der Waals surface area contributed by atoms with E-state index < -0.39 is 5.60 Å². The Kier molecular flexibility index (Phi) is 2.89. The minimum atomic E-state index is -0.530. The summed E-state index contributed by atoms with van der Waals surface area (Å²) in [6, 6.07) is 5.52. The van der Waals surface area contributed by atoms with E-state index in [0.29, 0.717) is 11.4 Å². The van der Waals surface area contributed by atoms with E-state index in [1.807, 2.05) is 12.1 Å². The molecule has 1 saturated carbocycles. The van der Waals surface area contributed by atoms with Gasteiger partial charge in [0.15, 0.2) is 0 Å². The molecule has 1 fully saturated rings. The fourth-order valence-electron chi connectivity index (χ4n) is 2.00. The summed E-state index contributed by atoms with van der Waals surface area (Å²) in [5.74, 6) is 0.805. The number of rotatable bonds is 3. The van der Waals surface area contributed by atoms with Crippen LogP contribution in [0, 0.1) is 0 Å². The molecule has 0 unspecified atom stereocenters. The molecule has 0 heterocycles. The van der Waals surface area contributed by atoms with Gasteiger partial charge < -0.3 is 9.84 Å². The second-order valence-electron chi connectivity index (χ2n) is 4.21. The van der Waals surface area contributed by atoms with Crippen molar-refractivity contribution in [3.63, 3.8) is 0 Å². The monoisotopic (exact) mass is 226 g/mol. The minimum Gasteiger partial charge on any atom is -0.496 e. The lowest BCUT2D eigenvalue weighted by atomic mass is 9.76. The van der Waals surface area contributed by atoms with E-state index in [4.69, 9.17) is 16.3 Å². The molecule has 0 radical (unpaired) electrons. The summed E-state index contributed by atoms with van der Waals surface area (Å²) in [6.45, 7) is 0. The fourth-order valence-corrected chi connectivity index (χ4v) is 2.20. The third-order valence-electron chi connectivity index (χ3n) is 3.05. The van der Waals surface area contributed by atoms with Crippen molar-refractivity contribution in [3.8, 4) is 5.75 Å². The molecular weight excluding hydrogens is 212 g/mol. The van der Waals surface area contributed by atoms with Gasteiger partial charge in [-0.1, -0.05) is 11.6 Å². The van der Waals surface area contributed by atoms with Gasteiger partial charge in [0.1, 0.15) is 5.75 Å². The van der Waals surface area contributed by atoms with Crippen molar-refractivity contribution < 1.29 is 9.84 Å². The van der Waals surface area contributed by atoms with Gasteiger partial charge in [0.25, 0.3) is 0 Å². The molecule has 15 heavy (non-hydrogen) atoms. The van der Waals surface area contributed by atoms with Crippen molar-refractivity contribution in [2.45, 2.75) is 31.3 Å². The summed E-state index contributed by atoms with van der Waals surface area (Å²) < 4.78 is 5.25. The van der Waals surface area contributed by atoms with Crippen LogP contribution in [0.5, 0.6) is 5.75 Å². The van der Waals surface area contributed by atoms with Gasteiger partial charge in [0, 0.05) is 11.4 Å². The van der Waals surface area contributed by atoms with Gasteiger partial charge in [-0.2, -0.15) is 0 Å². The van der Waals surface area contributed by atoms with Gasteiger partial charge in [0.2, 0.25) is 0 Å². The zero-order chi connectivity index (χ0) is 10.9. The molecule has 0 saturated heterocycles. The molecule has 1 aliphatic rings. The van der Waals surface area contributed by atoms with Crippen LogP contribution in [0.2, 0.25) is 5.02 Å². The molecule has 2 rings (SSSR count). The molecule has 0 aromatic heterocycles. The molecule has 0 atom stereocenters. The molecule has 0 spiro atoms. The molecule has 82 valence electrons. The second-order valence-corrected chi connectivity index (χ2v) is 4.65.